The van der Waals surface area contributed by atoms with Gasteiger partial charge in [0.2, 0.25) is 0 Å². The van der Waals surface area contributed by atoms with E-state index in [9.17, 15) is 4.79 Å². The monoisotopic (exact) mass is 272 g/mol. The summed E-state index contributed by atoms with van der Waals surface area (Å²) >= 11 is 0. The van der Waals surface area contributed by atoms with E-state index in [2.05, 4.69) is 10.3 Å². The van der Waals surface area contributed by atoms with Crippen molar-refractivity contribution in [3.63, 3.8) is 0 Å². The van der Waals surface area contributed by atoms with Crippen LogP contribution >= 0.6 is 0 Å². The normalized spacial score (nSPS) is 10.3. The Morgan fingerprint density at radius 1 is 1.25 bits per heavy atom. The molecule has 0 bridgehead atoms. The zero-order valence-corrected chi connectivity index (χ0v) is 11.1. The summed E-state index contributed by atoms with van der Waals surface area (Å²) < 4.78 is 0. The molecule has 0 amide bonds. The van der Waals surface area contributed by atoms with Gasteiger partial charge in [0.15, 0.2) is 0 Å². The van der Waals surface area contributed by atoms with Crippen molar-refractivity contribution in [3.05, 3.63) is 58.8 Å². The van der Waals surface area contributed by atoms with Gasteiger partial charge < -0.3 is 15.5 Å². The van der Waals surface area contributed by atoms with Gasteiger partial charge in [0.05, 0.1) is 17.9 Å². The highest BCUT2D eigenvalue weighted by Crippen LogP contribution is 2.12. The number of aryl methyl sites for hydroxylation is 1. The Bertz CT molecular complexity index is 626. The third kappa shape index (κ3) is 3.33. The van der Waals surface area contributed by atoms with Gasteiger partial charge in [0, 0.05) is 6.54 Å². The fraction of sp³-hybridized carbons (Fsp3) is 0.200. The largest absolute Gasteiger partial charge is 0.478 e. The molecule has 1 aromatic carbocycles. The van der Waals surface area contributed by atoms with E-state index < -0.39 is 5.97 Å². The number of pyridine rings is 1. The Morgan fingerprint density at radius 2 is 2.00 bits per heavy atom. The van der Waals surface area contributed by atoms with Gasteiger partial charge in [-0.15, -0.1) is 0 Å². The van der Waals surface area contributed by atoms with Gasteiger partial charge in [-0.2, -0.15) is 0 Å². The Labute approximate surface area is 116 Å². The maximum absolute atomic E-state index is 10.9. The quantitative estimate of drug-likeness (QED) is 0.777. The van der Waals surface area contributed by atoms with E-state index in [1.54, 1.807) is 13.0 Å². The summed E-state index contributed by atoms with van der Waals surface area (Å²) in [6.07, 6.45) is 0. The van der Waals surface area contributed by atoms with Crippen LogP contribution in [-0.4, -0.2) is 21.2 Å². The molecule has 0 atom stereocenters. The number of aromatic nitrogens is 1. The number of aliphatic hydroxyl groups is 1. The molecule has 0 aliphatic carbocycles. The summed E-state index contributed by atoms with van der Waals surface area (Å²) in [5, 5.41) is 21.1. The first kappa shape index (κ1) is 14.0. The number of aromatic carboxylic acids is 1. The zero-order chi connectivity index (χ0) is 14.5. The molecule has 0 spiro atoms. The van der Waals surface area contributed by atoms with Crippen molar-refractivity contribution in [1.82, 2.24) is 4.98 Å². The smallest absolute Gasteiger partial charge is 0.337 e. The molecule has 2 aromatic rings. The lowest BCUT2D eigenvalue weighted by molar-refractivity contribution is 0.0695. The first-order valence-electron chi connectivity index (χ1n) is 6.23. The van der Waals surface area contributed by atoms with Crippen molar-refractivity contribution in [1.29, 1.82) is 0 Å². The number of nitrogens with zero attached hydrogens (tertiary/aromatic N) is 1. The molecule has 0 saturated carbocycles. The van der Waals surface area contributed by atoms with Crippen LogP contribution in [0.3, 0.4) is 0 Å². The lowest BCUT2D eigenvalue weighted by Gasteiger charge is -2.08. The minimum atomic E-state index is -0.975. The lowest BCUT2D eigenvalue weighted by atomic mass is 10.1. The Morgan fingerprint density at radius 3 is 2.65 bits per heavy atom. The Hall–Kier alpha value is -2.40. The number of hydrogen-bond acceptors (Lipinski definition) is 4. The molecule has 0 aliphatic heterocycles. The van der Waals surface area contributed by atoms with Gasteiger partial charge in [0.1, 0.15) is 5.82 Å². The fourth-order valence-electron chi connectivity index (χ4n) is 1.92. The molecule has 5 nitrogen and oxygen atoms in total. The number of nitrogens with one attached hydrogen (secondary N) is 1. The van der Waals surface area contributed by atoms with E-state index >= 15 is 0 Å². The number of rotatable bonds is 5. The minimum absolute atomic E-state index is 0.0124. The zero-order valence-electron chi connectivity index (χ0n) is 11.1. The van der Waals surface area contributed by atoms with Crippen molar-refractivity contribution < 1.29 is 15.0 Å². The lowest BCUT2D eigenvalue weighted by Crippen LogP contribution is -2.06. The van der Waals surface area contributed by atoms with E-state index in [1.165, 1.54) is 6.07 Å². The van der Waals surface area contributed by atoms with Crippen LogP contribution in [0.1, 0.15) is 27.2 Å². The second-order valence-electron chi connectivity index (χ2n) is 4.47. The molecule has 20 heavy (non-hydrogen) atoms. The topological polar surface area (TPSA) is 82.5 Å². The van der Waals surface area contributed by atoms with E-state index in [-0.39, 0.29) is 12.2 Å². The Balaban J connectivity index is 2.07. The van der Waals surface area contributed by atoms with E-state index in [1.807, 2.05) is 24.3 Å². The summed E-state index contributed by atoms with van der Waals surface area (Å²) in [4.78, 5) is 15.1. The second-order valence-corrected chi connectivity index (χ2v) is 4.47. The van der Waals surface area contributed by atoms with Crippen molar-refractivity contribution in [3.8, 4) is 0 Å². The standard InChI is InChI=1S/C15H16N2O3/c1-10-13(15(19)20)5-6-14(17-10)16-8-11-3-2-4-12(7-11)9-18/h2-7,18H,8-9H2,1H3,(H,16,17)(H,19,20). The number of carbonyl (C=O) groups is 1. The molecule has 0 fully saturated rings. The number of anilines is 1. The molecular formula is C15H16N2O3. The van der Waals surface area contributed by atoms with Crippen LogP contribution in [0.5, 0.6) is 0 Å². The fourth-order valence-corrected chi connectivity index (χ4v) is 1.92. The predicted octanol–water partition coefficient (Wildman–Crippen LogP) is 2.19. The van der Waals surface area contributed by atoms with Gasteiger partial charge >= 0.3 is 5.97 Å². The predicted molar refractivity (Wildman–Crippen MR) is 75.6 cm³/mol. The highest BCUT2D eigenvalue weighted by Gasteiger charge is 2.08. The average Bonchev–Trinajstić information content (AvgIpc) is 2.45. The van der Waals surface area contributed by atoms with Crippen LogP contribution in [0.2, 0.25) is 0 Å². The van der Waals surface area contributed by atoms with Crippen LogP contribution in [-0.2, 0) is 13.2 Å². The number of carboxylic acids is 1. The molecule has 104 valence electrons. The van der Waals surface area contributed by atoms with E-state index in [0.29, 0.717) is 18.1 Å². The van der Waals surface area contributed by atoms with Gasteiger partial charge in [0.25, 0.3) is 0 Å². The molecule has 0 aliphatic rings. The number of aliphatic hydroxyl groups excluding tert-OH is 1. The highest BCUT2D eigenvalue weighted by molar-refractivity contribution is 5.89. The van der Waals surface area contributed by atoms with Crippen LogP contribution < -0.4 is 5.32 Å². The average molecular weight is 272 g/mol. The van der Waals surface area contributed by atoms with E-state index in [4.69, 9.17) is 10.2 Å². The molecule has 0 radical (unpaired) electrons. The summed E-state index contributed by atoms with van der Waals surface area (Å²) in [6.45, 7) is 2.24. The van der Waals surface area contributed by atoms with Gasteiger partial charge in [-0.25, -0.2) is 9.78 Å². The first-order valence-corrected chi connectivity index (χ1v) is 6.23. The van der Waals surface area contributed by atoms with Crippen molar-refractivity contribution in [2.24, 2.45) is 0 Å². The minimum Gasteiger partial charge on any atom is -0.478 e. The molecule has 1 aromatic heterocycles. The summed E-state index contributed by atoms with van der Waals surface area (Å²) in [5.41, 5.74) is 2.57. The summed E-state index contributed by atoms with van der Waals surface area (Å²) in [5.74, 6) is -0.348. The summed E-state index contributed by atoms with van der Waals surface area (Å²) in [6, 6.07) is 10.8. The molecule has 1 heterocycles. The van der Waals surface area contributed by atoms with Crippen LogP contribution in [0.25, 0.3) is 0 Å². The maximum atomic E-state index is 10.9. The first-order chi connectivity index (χ1) is 9.60. The van der Waals surface area contributed by atoms with Gasteiger partial charge in [-0.3, -0.25) is 0 Å². The molecular weight excluding hydrogens is 256 g/mol. The molecule has 2 rings (SSSR count). The van der Waals surface area contributed by atoms with Gasteiger partial charge in [-0.05, 0) is 30.2 Å². The number of benzene rings is 1. The van der Waals surface area contributed by atoms with Crippen LogP contribution in [0, 0.1) is 6.92 Å². The maximum Gasteiger partial charge on any atom is 0.337 e. The second kappa shape index (κ2) is 6.16. The highest BCUT2D eigenvalue weighted by atomic mass is 16.4. The SMILES string of the molecule is Cc1nc(NCc2cccc(CO)c2)ccc1C(=O)O. The van der Waals surface area contributed by atoms with Gasteiger partial charge in [-0.1, -0.05) is 24.3 Å². The number of hydrogen-bond donors (Lipinski definition) is 3. The Kier molecular flexibility index (Phi) is 4.32. The third-order valence-electron chi connectivity index (χ3n) is 2.96. The third-order valence-corrected chi connectivity index (χ3v) is 2.96. The molecule has 3 N–H and O–H groups in total. The number of carboxylic acid groups (broad SMARTS) is 1. The molecule has 0 unspecified atom stereocenters. The van der Waals surface area contributed by atoms with E-state index in [0.717, 1.165) is 11.1 Å². The van der Waals surface area contributed by atoms with Crippen LogP contribution in [0.4, 0.5) is 5.82 Å². The van der Waals surface area contributed by atoms with Crippen molar-refractivity contribution >= 4 is 11.8 Å². The molecule has 5 heteroatoms. The summed E-state index contributed by atoms with van der Waals surface area (Å²) in [7, 11) is 0. The molecule has 0 saturated heterocycles. The van der Waals surface area contributed by atoms with Crippen molar-refractivity contribution in [2.45, 2.75) is 20.1 Å². The van der Waals surface area contributed by atoms with Crippen LogP contribution in [0.15, 0.2) is 36.4 Å². The van der Waals surface area contributed by atoms with Crippen molar-refractivity contribution in [2.75, 3.05) is 5.32 Å².